The molecule has 3 aromatic rings. The minimum Gasteiger partial charge on any atom is -0.351 e. The average molecular weight is 393 g/mol. The van der Waals surface area contributed by atoms with Gasteiger partial charge in [-0.1, -0.05) is 37.3 Å². The lowest BCUT2D eigenvalue weighted by Crippen LogP contribution is -2.46. The van der Waals surface area contributed by atoms with Crippen molar-refractivity contribution in [2.24, 2.45) is 0 Å². The van der Waals surface area contributed by atoms with E-state index in [9.17, 15) is 4.79 Å². The highest BCUT2D eigenvalue weighted by Gasteiger charge is 2.16. The molecule has 0 bridgehead atoms. The van der Waals surface area contributed by atoms with E-state index in [1.165, 1.54) is 0 Å². The molecule has 7 nitrogen and oxygen atoms in total. The second-order valence-corrected chi connectivity index (χ2v) is 7.38. The molecule has 0 spiro atoms. The van der Waals surface area contributed by atoms with Crippen LogP contribution in [-0.2, 0) is 0 Å². The van der Waals surface area contributed by atoms with Crippen LogP contribution in [0.15, 0.2) is 48.9 Å². The maximum Gasteiger partial charge on any atom is 0.271 e. The molecular formula is C22H28N6O. The number of rotatable bonds is 7. The number of nitrogens with one attached hydrogen (secondary N) is 1. The zero-order valence-electron chi connectivity index (χ0n) is 16.9. The van der Waals surface area contributed by atoms with Gasteiger partial charge >= 0.3 is 0 Å². The molecule has 0 radical (unpaired) electrons. The first kappa shape index (κ1) is 19.5. The summed E-state index contributed by atoms with van der Waals surface area (Å²) in [5.74, 6) is -0.136. The summed E-state index contributed by atoms with van der Waals surface area (Å²) in [4.78, 5) is 26.5. The van der Waals surface area contributed by atoms with Crippen LogP contribution in [-0.4, -0.2) is 75.9 Å². The van der Waals surface area contributed by atoms with Crippen LogP contribution in [0.2, 0.25) is 0 Å². The lowest BCUT2D eigenvalue weighted by molar-refractivity contribution is 0.0944. The molecule has 1 saturated heterocycles. The second kappa shape index (κ2) is 9.15. The van der Waals surface area contributed by atoms with Crippen LogP contribution < -0.4 is 5.32 Å². The lowest BCUT2D eigenvalue weighted by atomic mass is 10.1. The predicted octanol–water partition coefficient (Wildman–Crippen LogP) is 2.15. The van der Waals surface area contributed by atoms with E-state index in [1.807, 2.05) is 40.9 Å². The number of imidazole rings is 1. The van der Waals surface area contributed by atoms with Crippen molar-refractivity contribution in [3.05, 3.63) is 54.6 Å². The van der Waals surface area contributed by atoms with Crippen LogP contribution in [0.5, 0.6) is 0 Å². The van der Waals surface area contributed by atoms with Crippen molar-refractivity contribution < 1.29 is 4.79 Å². The SMILES string of the molecule is CCN1CCN(CCCNC(=O)c2cn3ccnc(-c4ccccc4)c3n2)CC1. The summed E-state index contributed by atoms with van der Waals surface area (Å²) in [5, 5.41) is 3.01. The summed E-state index contributed by atoms with van der Waals surface area (Å²) < 4.78 is 1.86. The Hall–Kier alpha value is -2.77. The van der Waals surface area contributed by atoms with Gasteiger partial charge in [0.1, 0.15) is 11.4 Å². The zero-order valence-corrected chi connectivity index (χ0v) is 16.9. The van der Waals surface area contributed by atoms with Gasteiger partial charge in [-0.25, -0.2) is 4.98 Å². The molecule has 2 aromatic heterocycles. The summed E-state index contributed by atoms with van der Waals surface area (Å²) in [6.45, 7) is 9.53. The van der Waals surface area contributed by atoms with E-state index in [0.29, 0.717) is 17.9 Å². The van der Waals surface area contributed by atoms with Crippen LogP contribution in [0, 0.1) is 0 Å². The molecule has 4 rings (SSSR count). The van der Waals surface area contributed by atoms with Crippen LogP contribution >= 0.6 is 0 Å². The van der Waals surface area contributed by atoms with E-state index in [2.05, 4.69) is 32.0 Å². The van der Waals surface area contributed by atoms with Crippen LogP contribution in [0.1, 0.15) is 23.8 Å². The largest absolute Gasteiger partial charge is 0.351 e. The number of piperazine rings is 1. The van der Waals surface area contributed by atoms with Gasteiger partial charge in [-0.15, -0.1) is 0 Å². The number of nitrogens with zero attached hydrogens (tertiary/aromatic N) is 5. The first-order valence-electron chi connectivity index (χ1n) is 10.4. The Labute approximate surface area is 171 Å². The summed E-state index contributed by atoms with van der Waals surface area (Å²) in [5.41, 5.74) is 2.88. The number of carbonyl (C=O) groups excluding carboxylic acids is 1. The maximum atomic E-state index is 12.6. The molecule has 1 aromatic carbocycles. The molecule has 1 amide bonds. The summed E-state index contributed by atoms with van der Waals surface area (Å²) in [6.07, 6.45) is 6.27. The minimum atomic E-state index is -0.136. The van der Waals surface area contributed by atoms with Crippen LogP contribution in [0.3, 0.4) is 0 Å². The van der Waals surface area contributed by atoms with Gasteiger partial charge in [0.05, 0.1) is 0 Å². The fourth-order valence-corrected chi connectivity index (χ4v) is 3.75. The smallest absolute Gasteiger partial charge is 0.271 e. The highest BCUT2D eigenvalue weighted by atomic mass is 16.1. The quantitative estimate of drug-likeness (QED) is 0.624. The number of hydrogen-bond acceptors (Lipinski definition) is 5. The topological polar surface area (TPSA) is 65.8 Å². The normalized spacial score (nSPS) is 15.6. The molecule has 3 heterocycles. The third-order valence-corrected chi connectivity index (χ3v) is 5.50. The first-order valence-corrected chi connectivity index (χ1v) is 10.4. The van der Waals surface area contributed by atoms with Gasteiger partial charge in [0.25, 0.3) is 5.91 Å². The van der Waals surface area contributed by atoms with E-state index in [0.717, 1.165) is 56.9 Å². The number of likely N-dealkylation sites (N-methyl/N-ethyl adjacent to an activating group) is 1. The molecule has 0 aliphatic carbocycles. The van der Waals surface area contributed by atoms with Crippen molar-refractivity contribution >= 4 is 11.6 Å². The molecule has 29 heavy (non-hydrogen) atoms. The summed E-state index contributed by atoms with van der Waals surface area (Å²) in [6, 6.07) is 9.91. The Bertz CT molecular complexity index is 946. The van der Waals surface area contributed by atoms with Crippen molar-refractivity contribution in [2.75, 3.05) is 45.8 Å². The monoisotopic (exact) mass is 392 g/mol. The van der Waals surface area contributed by atoms with E-state index in [1.54, 1.807) is 12.4 Å². The maximum absolute atomic E-state index is 12.6. The summed E-state index contributed by atoms with van der Waals surface area (Å²) >= 11 is 0. The molecule has 1 aliphatic heterocycles. The van der Waals surface area contributed by atoms with Crippen LogP contribution in [0.25, 0.3) is 16.9 Å². The fourth-order valence-electron chi connectivity index (χ4n) is 3.75. The Morgan fingerprint density at radius 1 is 1.10 bits per heavy atom. The number of fused-ring (bicyclic) bond motifs is 1. The van der Waals surface area contributed by atoms with Crippen molar-refractivity contribution in [3.63, 3.8) is 0 Å². The van der Waals surface area contributed by atoms with Crippen molar-refractivity contribution in [2.45, 2.75) is 13.3 Å². The molecule has 0 atom stereocenters. The lowest BCUT2D eigenvalue weighted by Gasteiger charge is -2.33. The highest BCUT2D eigenvalue weighted by Crippen LogP contribution is 2.21. The highest BCUT2D eigenvalue weighted by molar-refractivity contribution is 5.93. The molecule has 0 unspecified atom stereocenters. The molecular weight excluding hydrogens is 364 g/mol. The number of aromatic nitrogens is 3. The Balaban J connectivity index is 1.33. The number of benzene rings is 1. The van der Waals surface area contributed by atoms with Crippen molar-refractivity contribution in [1.82, 2.24) is 29.5 Å². The van der Waals surface area contributed by atoms with E-state index in [4.69, 9.17) is 0 Å². The number of amides is 1. The fraction of sp³-hybridized carbons (Fsp3) is 0.409. The molecule has 1 fully saturated rings. The Morgan fingerprint density at radius 3 is 2.62 bits per heavy atom. The van der Waals surface area contributed by atoms with E-state index < -0.39 is 0 Å². The molecule has 7 heteroatoms. The third kappa shape index (κ3) is 4.63. The van der Waals surface area contributed by atoms with Crippen molar-refractivity contribution in [3.8, 4) is 11.3 Å². The molecule has 1 aliphatic rings. The number of carbonyl (C=O) groups is 1. The summed E-state index contributed by atoms with van der Waals surface area (Å²) in [7, 11) is 0. The zero-order chi connectivity index (χ0) is 20.1. The van der Waals surface area contributed by atoms with E-state index in [-0.39, 0.29) is 5.91 Å². The standard InChI is InChI=1S/C22H28N6O/c1-2-26-13-15-27(16-14-26)11-6-9-24-22(29)19-17-28-12-10-23-20(21(28)25-19)18-7-4-3-5-8-18/h3-5,7-8,10,12,17H,2,6,9,11,13-16H2,1H3,(H,24,29). The van der Waals surface area contributed by atoms with Gasteiger partial charge in [-0.05, 0) is 19.5 Å². The molecule has 152 valence electrons. The molecule has 1 N–H and O–H groups in total. The predicted molar refractivity (Wildman–Crippen MR) is 114 cm³/mol. The third-order valence-electron chi connectivity index (χ3n) is 5.50. The van der Waals surface area contributed by atoms with Crippen molar-refractivity contribution in [1.29, 1.82) is 0 Å². The second-order valence-electron chi connectivity index (χ2n) is 7.38. The van der Waals surface area contributed by atoms with Gasteiger partial charge in [0, 0.05) is 56.9 Å². The Morgan fingerprint density at radius 2 is 1.86 bits per heavy atom. The van der Waals surface area contributed by atoms with Gasteiger partial charge in [0.15, 0.2) is 5.65 Å². The van der Waals surface area contributed by atoms with Gasteiger partial charge in [-0.3, -0.25) is 9.78 Å². The molecule has 0 saturated carbocycles. The Kier molecular flexibility index (Phi) is 6.17. The number of hydrogen-bond donors (Lipinski definition) is 1. The van der Waals surface area contributed by atoms with Gasteiger partial charge < -0.3 is 19.5 Å². The van der Waals surface area contributed by atoms with E-state index >= 15 is 0 Å². The van der Waals surface area contributed by atoms with Gasteiger partial charge in [-0.2, -0.15) is 0 Å². The average Bonchev–Trinajstić information content (AvgIpc) is 3.22. The first-order chi connectivity index (χ1) is 14.2. The minimum absolute atomic E-state index is 0.136. The van der Waals surface area contributed by atoms with Crippen LogP contribution in [0.4, 0.5) is 0 Å². The van der Waals surface area contributed by atoms with Gasteiger partial charge in [0.2, 0.25) is 0 Å².